The molecule has 88 valence electrons. The molecule has 0 bridgehead atoms. The molecular formula is C12H16ClNO2. The second kappa shape index (κ2) is 6.51. The first-order chi connectivity index (χ1) is 7.36. The molecule has 1 heterocycles. The summed E-state index contributed by atoms with van der Waals surface area (Å²) in [4.78, 5) is 11.5. The lowest BCUT2D eigenvalue weighted by Crippen LogP contribution is -2.32. The molecule has 1 aromatic carbocycles. The van der Waals surface area contributed by atoms with Crippen LogP contribution in [0.5, 0.6) is 0 Å². The Bertz CT molecular complexity index is 323. The minimum atomic E-state index is -0.128. The number of hydrogen-bond acceptors (Lipinski definition) is 3. The van der Waals surface area contributed by atoms with E-state index in [9.17, 15) is 4.79 Å². The Labute approximate surface area is 102 Å². The van der Waals surface area contributed by atoms with Crippen LogP contribution in [-0.2, 0) is 16.1 Å². The molecule has 16 heavy (non-hydrogen) atoms. The first-order valence-electron chi connectivity index (χ1n) is 5.30. The summed E-state index contributed by atoms with van der Waals surface area (Å²) in [7, 11) is 0. The van der Waals surface area contributed by atoms with Gasteiger partial charge in [-0.3, -0.25) is 4.79 Å². The largest absolute Gasteiger partial charge is 0.460 e. The number of carbonyl (C=O) groups is 1. The summed E-state index contributed by atoms with van der Waals surface area (Å²) in [5.41, 5.74) is 1.03. The zero-order chi connectivity index (χ0) is 10.5. The Hall–Kier alpha value is -1.06. The fourth-order valence-corrected chi connectivity index (χ4v) is 1.72. The number of rotatable bonds is 3. The van der Waals surface area contributed by atoms with Gasteiger partial charge in [-0.2, -0.15) is 0 Å². The van der Waals surface area contributed by atoms with Crippen molar-refractivity contribution in [3.63, 3.8) is 0 Å². The van der Waals surface area contributed by atoms with Crippen molar-refractivity contribution < 1.29 is 9.53 Å². The van der Waals surface area contributed by atoms with Gasteiger partial charge in [0.05, 0.1) is 0 Å². The van der Waals surface area contributed by atoms with Crippen LogP contribution in [0.1, 0.15) is 18.4 Å². The maximum atomic E-state index is 11.5. The highest BCUT2D eigenvalue weighted by molar-refractivity contribution is 5.85. The van der Waals surface area contributed by atoms with E-state index in [4.69, 9.17) is 4.74 Å². The zero-order valence-corrected chi connectivity index (χ0v) is 9.83. The highest BCUT2D eigenvalue weighted by atomic mass is 35.5. The van der Waals surface area contributed by atoms with Crippen molar-refractivity contribution in [2.24, 2.45) is 0 Å². The number of halogens is 1. The maximum Gasteiger partial charge on any atom is 0.323 e. The molecule has 1 aromatic rings. The van der Waals surface area contributed by atoms with Gasteiger partial charge < -0.3 is 10.1 Å². The van der Waals surface area contributed by atoms with Gasteiger partial charge in [-0.15, -0.1) is 12.4 Å². The van der Waals surface area contributed by atoms with E-state index < -0.39 is 0 Å². The fraction of sp³-hybridized carbons (Fsp3) is 0.417. The van der Waals surface area contributed by atoms with Gasteiger partial charge in [0.15, 0.2) is 0 Å². The van der Waals surface area contributed by atoms with Gasteiger partial charge in [-0.1, -0.05) is 30.3 Å². The monoisotopic (exact) mass is 241 g/mol. The zero-order valence-electron chi connectivity index (χ0n) is 9.02. The number of carbonyl (C=O) groups excluding carboxylic acids is 1. The number of hydrogen-bond donors (Lipinski definition) is 1. The maximum absolute atomic E-state index is 11.5. The third-order valence-electron chi connectivity index (χ3n) is 2.57. The fourth-order valence-electron chi connectivity index (χ4n) is 1.72. The molecule has 0 amide bonds. The minimum Gasteiger partial charge on any atom is -0.460 e. The molecule has 0 aromatic heterocycles. The predicted molar refractivity (Wildman–Crippen MR) is 64.5 cm³/mol. The molecule has 0 unspecified atom stereocenters. The van der Waals surface area contributed by atoms with E-state index in [1.807, 2.05) is 30.3 Å². The van der Waals surface area contributed by atoms with Gasteiger partial charge >= 0.3 is 5.97 Å². The molecule has 1 N–H and O–H groups in total. The molecule has 0 radical (unpaired) electrons. The summed E-state index contributed by atoms with van der Waals surface area (Å²) >= 11 is 0. The van der Waals surface area contributed by atoms with Crippen LogP contribution in [0.2, 0.25) is 0 Å². The summed E-state index contributed by atoms with van der Waals surface area (Å²) in [6.45, 7) is 1.29. The molecular weight excluding hydrogens is 226 g/mol. The van der Waals surface area contributed by atoms with Crippen LogP contribution in [0.15, 0.2) is 30.3 Å². The molecule has 1 atom stereocenters. The van der Waals surface area contributed by atoms with Crippen molar-refractivity contribution in [3.8, 4) is 0 Å². The average Bonchev–Trinajstić information content (AvgIpc) is 2.81. The molecule has 0 spiro atoms. The van der Waals surface area contributed by atoms with Crippen LogP contribution in [0.4, 0.5) is 0 Å². The first-order valence-corrected chi connectivity index (χ1v) is 5.30. The summed E-state index contributed by atoms with van der Waals surface area (Å²) in [5, 5.41) is 3.12. The van der Waals surface area contributed by atoms with Gasteiger partial charge in [-0.05, 0) is 24.9 Å². The summed E-state index contributed by atoms with van der Waals surface area (Å²) in [5.74, 6) is -0.128. The second-order valence-electron chi connectivity index (χ2n) is 3.74. The smallest absolute Gasteiger partial charge is 0.323 e. The van der Waals surface area contributed by atoms with Crippen LogP contribution in [0.25, 0.3) is 0 Å². The topological polar surface area (TPSA) is 38.3 Å². The minimum absolute atomic E-state index is 0. The standard InChI is InChI=1S/C12H15NO2.ClH/c14-12(11-7-4-8-13-11)15-9-10-5-2-1-3-6-10;/h1-3,5-6,11,13H,4,7-9H2;1H/t11-;/m1./s1. The van der Waals surface area contributed by atoms with Crippen LogP contribution < -0.4 is 5.32 Å². The number of esters is 1. The van der Waals surface area contributed by atoms with Crippen LogP contribution in [0, 0.1) is 0 Å². The summed E-state index contributed by atoms with van der Waals surface area (Å²) in [6, 6.07) is 9.65. The highest BCUT2D eigenvalue weighted by Gasteiger charge is 2.23. The molecule has 3 nitrogen and oxygen atoms in total. The van der Waals surface area contributed by atoms with Crippen molar-refractivity contribution in [2.45, 2.75) is 25.5 Å². The molecule has 2 rings (SSSR count). The Balaban J connectivity index is 0.00000128. The van der Waals surface area contributed by atoms with Gasteiger partial charge in [0.2, 0.25) is 0 Å². The molecule has 1 aliphatic rings. The van der Waals surface area contributed by atoms with E-state index in [1.165, 1.54) is 0 Å². The van der Waals surface area contributed by atoms with E-state index in [0.717, 1.165) is 24.9 Å². The van der Waals surface area contributed by atoms with Crippen molar-refractivity contribution in [1.29, 1.82) is 0 Å². The van der Waals surface area contributed by atoms with Crippen molar-refractivity contribution in [1.82, 2.24) is 5.32 Å². The molecule has 4 heteroatoms. The molecule has 0 saturated carbocycles. The van der Waals surface area contributed by atoms with Crippen LogP contribution in [0.3, 0.4) is 0 Å². The lowest BCUT2D eigenvalue weighted by Gasteiger charge is -2.09. The van der Waals surface area contributed by atoms with E-state index in [2.05, 4.69) is 5.32 Å². The SMILES string of the molecule is Cl.O=C(OCc1ccccc1)[C@H]1CCCN1. The molecule has 1 fully saturated rings. The molecule has 1 saturated heterocycles. The third kappa shape index (κ3) is 3.51. The van der Waals surface area contributed by atoms with Crippen LogP contribution >= 0.6 is 12.4 Å². The van der Waals surface area contributed by atoms with E-state index in [1.54, 1.807) is 0 Å². The van der Waals surface area contributed by atoms with Gasteiger partial charge in [0.25, 0.3) is 0 Å². The van der Waals surface area contributed by atoms with Gasteiger partial charge in [0.1, 0.15) is 12.6 Å². The Morgan fingerprint density at radius 1 is 1.38 bits per heavy atom. The average molecular weight is 242 g/mol. The lowest BCUT2D eigenvalue weighted by atomic mass is 10.2. The van der Waals surface area contributed by atoms with E-state index in [0.29, 0.717) is 6.61 Å². The number of benzene rings is 1. The van der Waals surface area contributed by atoms with E-state index in [-0.39, 0.29) is 24.4 Å². The van der Waals surface area contributed by atoms with Crippen LogP contribution in [-0.4, -0.2) is 18.6 Å². The van der Waals surface area contributed by atoms with Gasteiger partial charge in [0, 0.05) is 0 Å². The third-order valence-corrected chi connectivity index (χ3v) is 2.57. The molecule has 1 aliphatic heterocycles. The van der Waals surface area contributed by atoms with Crippen molar-refractivity contribution in [2.75, 3.05) is 6.54 Å². The Morgan fingerprint density at radius 3 is 2.75 bits per heavy atom. The predicted octanol–water partition coefficient (Wildman–Crippen LogP) is 1.90. The molecule has 0 aliphatic carbocycles. The Morgan fingerprint density at radius 2 is 2.12 bits per heavy atom. The summed E-state index contributed by atoms with van der Waals surface area (Å²) in [6.07, 6.45) is 1.96. The summed E-state index contributed by atoms with van der Waals surface area (Å²) < 4.78 is 5.21. The first kappa shape index (κ1) is 13.0. The second-order valence-corrected chi connectivity index (χ2v) is 3.74. The number of ether oxygens (including phenoxy) is 1. The van der Waals surface area contributed by atoms with E-state index >= 15 is 0 Å². The quantitative estimate of drug-likeness (QED) is 0.822. The van der Waals surface area contributed by atoms with Crippen molar-refractivity contribution >= 4 is 18.4 Å². The normalized spacial score (nSPS) is 18.9. The van der Waals surface area contributed by atoms with Crippen molar-refractivity contribution in [3.05, 3.63) is 35.9 Å². The highest BCUT2D eigenvalue weighted by Crippen LogP contribution is 2.08. The number of nitrogens with one attached hydrogen (secondary N) is 1. The van der Waals surface area contributed by atoms with Gasteiger partial charge in [-0.25, -0.2) is 0 Å². The lowest BCUT2D eigenvalue weighted by molar-refractivity contribution is -0.147. The Kier molecular flexibility index (Phi) is 5.29.